The molecule has 192 valence electrons. The molecule has 1 N–H and O–H groups in total. The number of carbonyl (C=O) groups is 2. The third kappa shape index (κ3) is 5.91. The van der Waals surface area contributed by atoms with Gasteiger partial charge in [0.15, 0.2) is 5.17 Å². The summed E-state index contributed by atoms with van der Waals surface area (Å²) in [7, 11) is 0. The first-order valence-corrected chi connectivity index (χ1v) is 13.1. The van der Waals surface area contributed by atoms with Gasteiger partial charge in [-0.25, -0.2) is 9.79 Å². The SMILES string of the molecule is C=CCOC(=O)C1=C(C)N=C2SC=C(CC(=O)NCCN3CCOCC3)N2[C@@H]1c1ccc(C)cc1C. The number of rotatable bonds is 9. The van der Waals surface area contributed by atoms with Crippen LogP contribution >= 0.6 is 11.8 Å². The van der Waals surface area contributed by atoms with E-state index < -0.39 is 12.0 Å². The maximum Gasteiger partial charge on any atom is 0.338 e. The second-order valence-corrected chi connectivity index (χ2v) is 9.96. The standard InChI is InChI=1S/C27H34N4O4S/c1-5-12-35-26(33)24-20(4)29-27-31(25(24)22-7-6-18(2)15-19(22)3)21(17-36-27)16-23(32)28-8-9-30-10-13-34-14-11-30/h5-7,15,17,25H,1,8-14,16H2,2-4H3,(H,28,32)/t25-/m1/s1. The molecule has 8 nitrogen and oxygen atoms in total. The molecule has 0 unspecified atom stereocenters. The van der Waals surface area contributed by atoms with Gasteiger partial charge in [-0.2, -0.15) is 0 Å². The molecule has 0 aliphatic carbocycles. The van der Waals surface area contributed by atoms with Crippen LogP contribution in [0.25, 0.3) is 0 Å². The monoisotopic (exact) mass is 510 g/mol. The van der Waals surface area contributed by atoms with Crippen molar-refractivity contribution in [3.05, 3.63) is 69.9 Å². The number of morpholine rings is 1. The first-order chi connectivity index (χ1) is 17.4. The van der Waals surface area contributed by atoms with Crippen molar-refractivity contribution in [2.45, 2.75) is 33.2 Å². The number of nitrogens with zero attached hydrogens (tertiary/aromatic N) is 3. The highest BCUT2D eigenvalue weighted by atomic mass is 32.2. The highest BCUT2D eigenvalue weighted by molar-refractivity contribution is 8.16. The Morgan fingerprint density at radius 3 is 2.78 bits per heavy atom. The van der Waals surface area contributed by atoms with E-state index in [0.717, 1.165) is 60.4 Å². The van der Waals surface area contributed by atoms with Gasteiger partial charge in [0.1, 0.15) is 6.61 Å². The summed E-state index contributed by atoms with van der Waals surface area (Å²) in [6.45, 7) is 14.3. The molecule has 0 radical (unpaired) electrons. The number of aryl methyl sites for hydroxylation is 2. The molecule has 1 atom stereocenters. The number of thioether (sulfide) groups is 1. The Balaban J connectivity index is 1.55. The normalized spacial score (nSPS) is 20.0. The van der Waals surface area contributed by atoms with Crippen LogP contribution in [0.15, 0.2) is 58.2 Å². The molecule has 0 spiro atoms. The number of aliphatic imine (C=N–C) groups is 1. The van der Waals surface area contributed by atoms with Gasteiger partial charge in [0.05, 0.1) is 36.9 Å². The zero-order valence-electron chi connectivity index (χ0n) is 21.2. The fourth-order valence-electron chi connectivity index (χ4n) is 4.68. The minimum atomic E-state index is -0.433. The van der Waals surface area contributed by atoms with Gasteiger partial charge in [0, 0.05) is 31.9 Å². The summed E-state index contributed by atoms with van der Waals surface area (Å²) in [5, 5.41) is 5.76. The van der Waals surface area contributed by atoms with E-state index in [9.17, 15) is 9.59 Å². The van der Waals surface area contributed by atoms with Gasteiger partial charge >= 0.3 is 5.97 Å². The molecule has 1 saturated heterocycles. The Morgan fingerprint density at radius 2 is 2.06 bits per heavy atom. The Labute approximate surface area is 217 Å². The summed E-state index contributed by atoms with van der Waals surface area (Å²) < 4.78 is 10.8. The van der Waals surface area contributed by atoms with Gasteiger partial charge in [-0.1, -0.05) is 48.2 Å². The number of benzene rings is 1. The molecule has 0 aromatic heterocycles. The van der Waals surface area contributed by atoms with Crippen molar-refractivity contribution in [3.63, 3.8) is 0 Å². The number of nitrogens with one attached hydrogen (secondary N) is 1. The van der Waals surface area contributed by atoms with Crippen LogP contribution in [0.5, 0.6) is 0 Å². The zero-order chi connectivity index (χ0) is 25.7. The van der Waals surface area contributed by atoms with E-state index in [0.29, 0.717) is 17.8 Å². The van der Waals surface area contributed by atoms with E-state index in [-0.39, 0.29) is 18.9 Å². The van der Waals surface area contributed by atoms with E-state index in [1.807, 2.05) is 37.1 Å². The van der Waals surface area contributed by atoms with Crippen molar-refractivity contribution in [2.24, 2.45) is 4.99 Å². The molecule has 36 heavy (non-hydrogen) atoms. The van der Waals surface area contributed by atoms with Gasteiger partial charge < -0.3 is 19.7 Å². The number of hydrogen-bond acceptors (Lipinski definition) is 8. The van der Waals surface area contributed by atoms with Gasteiger partial charge in [-0.05, 0) is 37.3 Å². The molecule has 1 aromatic carbocycles. The number of allylic oxidation sites excluding steroid dienone is 1. The number of esters is 1. The van der Waals surface area contributed by atoms with Gasteiger partial charge in [-0.3, -0.25) is 9.69 Å². The molecule has 3 aliphatic rings. The topological polar surface area (TPSA) is 83.5 Å². The van der Waals surface area contributed by atoms with E-state index in [4.69, 9.17) is 14.5 Å². The molecule has 0 bridgehead atoms. The third-order valence-electron chi connectivity index (χ3n) is 6.47. The van der Waals surface area contributed by atoms with Crippen molar-refractivity contribution < 1.29 is 19.1 Å². The number of carbonyl (C=O) groups excluding carboxylic acids is 2. The quantitative estimate of drug-likeness (QED) is 0.402. The summed E-state index contributed by atoms with van der Waals surface area (Å²) >= 11 is 1.48. The predicted octanol–water partition coefficient (Wildman–Crippen LogP) is 3.45. The van der Waals surface area contributed by atoms with Gasteiger partial charge in [0.2, 0.25) is 5.91 Å². The average molecular weight is 511 g/mol. The molecule has 1 aromatic rings. The number of amidine groups is 1. The summed E-state index contributed by atoms with van der Waals surface area (Å²) in [5.41, 5.74) is 5.11. The van der Waals surface area contributed by atoms with Crippen LogP contribution in [-0.2, 0) is 19.1 Å². The van der Waals surface area contributed by atoms with Gasteiger partial charge in [0.25, 0.3) is 0 Å². The molecular formula is C27H34N4O4S. The van der Waals surface area contributed by atoms with E-state index in [2.05, 4.69) is 28.9 Å². The van der Waals surface area contributed by atoms with Crippen LogP contribution in [0.4, 0.5) is 0 Å². The molecule has 1 fully saturated rings. The first kappa shape index (κ1) is 26.2. The third-order valence-corrected chi connectivity index (χ3v) is 7.36. The highest BCUT2D eigenvalue weighted by Crippen LogP contribution is 2.45. The summed E-state index contributed by atoms with van der Waals surface area (Å²) in [6, 6.07) is 5.77. The fraction of sp³-hybridized carbons (Fsp3) is 0.444. The van der Waals surface area contributed by atoms with Crippen LogP contribution in [-0.4, -0.2) is 72.8 Å². The summed E-state index contributed by atoms with van der Waals surface area (Å²) in [5.74, 6) is -0.482. The largest absolute Gasteiger partial charge is 0.458 e. The van der Waals surface area contributed by atoms with Crippen LogP contribution < -0.4 is 5.32 Å². The van der Waals surface area contributed by atoms with Crippen LogP contribution in [0, 0.1) is 13.8 Å². The van der Waals surface area contributed by atoms with Crippen molar-refractivity contribution in [1.29, 1.82) is 0 Å². The number of amides is 1. The first-order valence-electron chi connectivity index (χ1n) is 12.3. The molecule has 0 saturated carbocycles. The lowest BCUT2D eigenvalue weighted by atomic mass is 9.90. The predicted molar refractivity (Wildman–Crippen MR) is 142 cm³/mol. The van der Waals surface area contributed by atoms with E-state index >= 15 is 0 Å². The molecule has 3 heterocycles. The maximum atomic E-state index is 13.2. The summed E-state index contributed by atoms with van der Waals surface area (Å²) in [6.07, 6.45) is 1.75. The van der Waals surface area contributed by atoms with Crippen molar-refractivity contribution in [2.75, 3.05) is 46.0 Å². The zero-order valence-corrected chi connectivity index (χ0v) is 22.0. The van der Waals surface area contributed by atoms with E-state index in [1.54, 1.807) is 6.08 Å². The number of ether oxygens (including phenoxy) is 2. The molecule has 9 heteroatoms. The number of fused-ring (bicyclic) bond motifs is 1. The van der Waals surface area contributed by atoms with Crippen LogP contribution in [0.3, 0.4) is 0 Å². The minimum Gasteiger partial charge on any atom is -0.458 e. The lowest BCUT2D eigenvalue weighted by Gasteiger charge is -2.37. The average Bonchev–Trinajstić information content (AvgIpc) is 3.24. The molecule has 3 aliphatic heterocycles. The Kier molecular flexibility index (Phi) is 8.66. The lowest BCUT2D eigenvalue weighted by Crippen LogP contribution is -2.42. The second-order valence-electron chi connectivity index (χ2n) is 9.12. The second kappa shape index (κ2) is 11.9. The minimum absolute atomic E-state index is 0.0576. The van der Waals surface area contributed by atoms with E-state index in [1.165, 1.54) is 11.8 Å². The highest BCUT2D eigenvalue weighted by Gasteiger charge is 2.41. The molecule has 1 amide bonds. The van der Waals surface area contributed by atoms with Crippen molar-refractivity contribution in [3.8, 4) is 0 Å². The van der Waals surface area contributed by atoms with Crippen LogP contribution in [0.1, 0.15) is 36.1 Å². The Morgan fingerprint density at radius 1 is 1.28 bits per heavy atom. The summed E-state index contributed by atoms with van der Waals surface area (Å²) in [4.78, 5) is 35.1. The van der Waals surface area contributed by atoms with Gasteiger partial charge in [-0.15, -0.1) is 0 Å². The Bertz CT molecular complexity index is 1120. The molecular weight excluding hydrogens is 476 g/mol. The Hall–Kier alpha value is -2.88. The smallest absolute Gasteiger partial charge is 0.338 e. The fourth-order valence-corrected chi connectivity index (χ4v) is 5.64. The molecule has 4 rings (SSSR count). The lowest BCUT2D eigenvalue weighted by molar-refractivity contribution is -0.138. The maximum absolute atomic E-state index is 13.2. The van der Waals surface area contributed by atoms with Crippen LogP contribution in [0.2, 0.25) is 0 Å². The van der Waals surface area contributed by atoms with Crippen molar-refractivity contribution >= 4 is 28.8 Å². The van der Waals surface area contributed by atoms with Crippen molar-refractivity contribution in [1.82, 2.24) is 15.1 Å². The number of hydrogen-bond donors (Lipinski definition) is 1.